The Labute approximate surface area is 122 Å². The first-order valence-corrected chi connectivity index (χ1v) is 6.72. The Morgan fingerprint density at radius 3 is 2.70 bits per heavy atom. The summed E-state index contributed by atoms with van der Waals surface area (Å²) >= 11 is 6.01. The highest BCUT2D eigenvalue weighted by molar-refractivity contribution is 6.30. The number of hydrogen-bond acceptors (Lipinski definition) is 3. The van der Waals surface area contributed by atoms with E-state index in [-0.39, 0.29) is 0 Å². The molecule has 20 heavy (non-hydrogen) atoms. The van der Waals surface area contributed by atoms with Crippen LogP contribution in [0.15, 0.2) is 42.5 Å². The van der Waals surface area contributed by atoms with E-state index >= 15 is 0 Å². The molecule has 0 fully saturated rings. The summed E-state index contributed by atoms with van der Waals surface area (Å²) in [5.74, 6) is 0.821. The number of nitrogens with zero attached hydrogens (tertiary/aromatic N) is 2. The van der Waals surface area contributed by atoms with Gasteiger partial charge in [0.2, 0.25) is 0 Å². The van der Waals surface area contributed by atoms with Crippen LogP contribution in [0.3, 0.4) is 0 Å². The van der Waals surface area contributed by atoms with Gasteiger partial charge in [0, 0.05) is 35.9 Å². The van der Waals surface area contributed by atoms with E-state index in [0.717, 1.165) is 28.1 Å². The smallest absolute Gasteiger partial charge is 0.160 e. The summed E-state index contributed by atoms with van der Waals surface area (Å²) < 4.78 is 1.86. The quantitative estimate of drug-likeness (QED) is 0.764. The second-order valence-electron chi connectivity index (χ2n) is 4.59. The first kappa shape index (κ1) is 12.8. The molecule has 3 rings (SSSR count). The average molecular weight is 287 g/mol. The molecule has 0 unspecified atom stereocenters. The molecule has 5 heteroatoms. The standard InChI is InChI=1S/C15H15ClN4/c1-17-11-6-7-14-13(9-11)15(19-20(14)2)18-12-5-3-4-10(16)8-12/h3-9,17H,1-2H3,(H,18,19). The molecule has 0 spiro atoms. The molecule has 1 heterocycles. The van der Waals surface area contributed by atoms with E-state index in [1.165, 1.54) is 0 Å². The maximum atomic E-state index is 6.01. The minimum atomic E-state index is 0.700. The van der Waals surface area contributed by atoms with Crippen molar-refractivity contribution in [1.29, 1.82) is 0 Å². The molecular formula is C15H15ClN4. The van der Waals surface area contributed by atoms with Crippen molar-refractivity contribution in [3.8, 4) is 0 Å². The number of aryl methyl sites for hydroxylation is 1. The molecule has 0 bridgehead atoms. The topological polar surface area (TPSA) is 41.9 Å². The predicted molar refractivity (Wildman–Crippen MR) is 85.0 cm³/mol. The fourth-order valence-electron chi connectivity index (χ4n) is 2.22. The highest BCUT2D eigenvalue weighted by Gasteiger charge is 2.09. The van der Waals surface area contributed by atoms with E-state index < -0.39 is 0 Å². The van der Waals surface area contributed by atoms with Crippen molar-refractivity contribution in [3.63, 3.8) is 0 Å². The summed E-state index contributed by atoms with van der Waals surface area (Å²) in [4.78, 5) is 0. The summed E-state index contributed by atoms with van der Waals surface area (Å²) in [6, 6.07) is 13.8. The lowest BCUT2D eigenvalue weighted by molar-refractivity contribution is 0.801. The van der Waals surface area contributed by atoms with E-state index in [4.69, 9.17) is 11.6 Å². The van der Waals surface area contributed by atoms with E-state index in [9.17, 15) is 0 Å². The maximum absolute atomic E-state index is 6.01. The fraction of sp³-hybridized carbons (Fsp3) is 0.133. The minimum Gasteiger partial charge on any atom is -0.388 e. The van der Waals surface area contributed by atoms with E-state index in [1.807, 2.05) is 49.1 Å². The van der Waals surface area contributed by atoms with Gasteiger partial charge < -0.3 is 10.6 Å². The SMILES string of the molecule is CNc1ccc2c(c1)c(Nc1cccc(Cl)c1)nn2C. The largest absolute Gasteiger partial charge is 0.388 e. The molecular weight excluding hydrogens is 272 g/mol. The number of halogens is 1. The van der Waals surface area contributed by atoms with E-state index in [1.54, 1.807) is 0 Å². The van der Waals surface area contributed by atoms with Gasteiger partial charge in [0.05, 0.1) is 5.52 Å². The molecule has 0 saturated heterocycles. The van der Waals surface area contributed by atoms with Gasteiger partial charge in [-0.2, -0.15) is 5.10 Å². The average Bonchev–Trinajstić information content (AvgIpc) is 2.75. The van der Waals surface area contributed by atoms with Crippen LogP contribution in [0.5, 0.6) is 0 Å². The van der Waals surface area contributed by atoms with Crippen molar-refractivity contribution in [2.45, 2.75) is 0 Å². The maximum Gasteiger partial charge on any atom is 0.160 e. The van der Waals surface area contributed by atoms with Crippen LogP contribution < -0.4 is 10.6 Å². The van der Waals surface area contributed by atoms with Gasteiger partial charge >= 0.3 is 0 Å². The molecule has 0 saturated carbocycles. The fourth-order valence-corrected chi connectivity index (χ4v) is 2.41. The van der Waals surface area contributed by atoms with Gasteiger partial charge in [-0.1, -0.05) is 17.7 Å². The van der Waals surface area contributed by atoms with Gasteiger partial charge in [0.25, 0.3) is 0 Å². The molecule has 3 aromatic rings. The molecule has 2 N–H and O–H groups in total. The number of anilines is 3. The van der Waals surface area contributed by atoms with Crippen LogP contribution in [0.25, 0.3) is 10.9 Å². The summed E-state index contributed by atoms with van der Waals surface area (Å²) in [5.41, 5.74) is 3.06. The molecule has 102 valence electrons. The monoisotopic (exact) mass is 286 g/mol. The highest BCUT2D eigenvalue weighted by Crippen LogP contribution is 2.28. The van der Waals surface area contributed by atoms with Crippen molar-refractivity contribution in [1.82, 2.24) is 9.78 Å². The third-order valence-electron chi connectivity index (χ3n) is 3.23. The molecule has 4 nitrogen and oxygen atoms in total. The number of aromatic nitrogens is 2. The third kappa shape index (κ3) is 2.30. The summed E-state index contributed by atoms with van der Waals surface area (Å²) in [5, 5.41) is 12.8. The van der Waals surface area contributed by atoms with Gasteiger partial charge in [-0.25, -0.2) is 0 Å². The predicted octanol–water partition coefficient (Wildman–Crippen LogP) is 4.01. The molecule has 0 aliphatic carbocycles. The highest BCUT2D eigenvalue weighted by atomic mass is 35.5. The normalized spacial score (nSPS) is 10.8. The first-order valence-electron chi connectivity index (χ1n) is 6.34. The first-order chi connectivity index (χ1) is 9.67. The van der Waals surface area contributed by atoms with Crippen LogP contribution in [0.1, 0.15) is 0 Å². The molecule has 0 aliphatic rings. The van der Waals surface area contributed by atoms with E-state index in [2.05, 4.69) is 27.9 Å². The van der Waals surface area contributed by atoms with Crippen molar-refractivity contribution in [3.05, 3.63) is 47.5 Å². The zero-order chi connectivity index (χ0) is 14.1. The van der Waals surface area contributed by atoms with Gasteiger partial charge in [0.1, 0.15) is 0 Å². The number of fused-ring (bicyclic) bond motifs is 1. The van der Waals surface area contributed by atoms with Gasteiger partial charge in [0.15, 0.2) is 5.82 Å². The second kappa shape index (κ2) is 5.06. The third-order valence-corrected chi connectivity index (χ3v) is 3.46. The Morgan fingerprint density at radius 2 is 1.95 bits per heavy atom. The Bertz CT molecular complexity index is 764. The molecule has 0 aliphatic heterocycles. The van der Waals surface area contributed by atoms with Crippen LogP contribution in [-0.2, 0) is 7.05 Å². The van der Waals surface area contributed by atoms with Crippen LogP contribution in [-0.4, -0.2) is 16.8 Å². The molecule has 0 amide bonds. The van der Waals surface area contributed by atoms with Gasteiger partial charge in [-0.15, -0.1) is 0 Å². The van der Waals surface area contributed by atoms with Crippen molar-refractivity contribution < 1.29 is 0 Å². The Hall–Kier alpha value is -2.20. The number of nitrogens with one attached hydrogen (secondary N) is 2. The Balaban J connectivity index is 2.06. The molecule has 2 aromatic carbocycles. The van der Waals surface area contributed by atoms with Crippen LogP contribution in [0.4, 0.5) is 17.2 Å². The molecule has 1 aromatic heterocycles. The zero-order valence-electron chi connectivity index (χ0n) is 11.3. The van der Waals surface area contributed by atoms with E-state index in [0.29, 0.717) is 5.02 Å². The van der Waals surface area contributed by atoms with Gasteiger partial charge in [-0.3, -0.25) is 4.68 Å². The number of hydrogen-bond donors (Lipinski definition) is 2. The van der Waals surface area contributed by atoms with Crippen molar-refractivity contribution in [2.24, 2.45) is 7.05 Å². The minimum absolute atomic E-state index is 0.700. The lowest BCUT2D eigenvalue weighted by atomic mass is 10.2. The Morgan fingerprint density at radius 1 is 1.10 bits per heavy atom. The molecule has 0 radical (unpaired) electrons. The second-order valence-corrected chi connectivity index (χ2v) is 5.03. The van der Waals surface area contributed by atoms with Crippen LogP contribution >= 0.6 is 11.6 Å². The van der Waals surface area contributed by atoms with Crippen molar-refractivity contribution >= 4 is 39.7 Å². The lowest BCUT2D eigenvalue weighted by Gasteiger charge is -2.04. The van der Waals surface area contributed by atoms with Crippen molar-refractivity contribution in [2.75, 3.05) is 17.7 Å². The van der Waals surface area contributed by atoms with Crippen LogP contribution in [0, 0.1) is 0 Å². The number of benzene rings is 2. The van der Waals surface area contributed by atoms with Crippen LogP contribution in [0.2, 0.25) is 5.02 Å². The number of rotatable bonds is 3. The lowest BCUT2D eigenvalue weighted by Crippen LogP contribution is -1.93. The van der Waals surface area contributed by atoms with Gasteiger partial charge in [-0.05, 0) is 36.4 Å². The summed E-state index contributed by atoms with van der Waals surface area (Å²) in [7, 11) is 3.84. The summed E-state index contributed by atoms with van der Waals surface area (Å²) in [6.07, 6.45) is 0. The zero-order valence-corrected chi connectivity index (χ0v) is 12.1. The summed E-state index contributed by atoms with van der Waals surface area (Å²) in [6.45, 7) is 0. The Kier molecular flexibility index (Phi) is 3.24. The molecule has 0 atom stereocenters.